The molecule has 0 aliphatic carbocycles. The Morgan fingerprint density at radius 1 is 1.15 bits per heavy atom. The molecule has 0 radical (unpaired) electrons. The van der Waals surface area contributed by atoms with Crippen molar-refractivity contribution < 1.29 is 13.9 Å². The first-order chi connectivity index (χ1) is 13.0. The Morgan fingerprint density at radius 2 is 1.93 bits per heavy atom. The number of aromatic nitrogens is 2. The summed E-state index contributed by atoms with van der Waals surface area (Å²) < 4.78 is 25.5. The molecule has 5 nitrogen and oxygen atoms in total. The van der Waals surface area contributed by atoms with E-state index in [2.05, 4.69) is 9.97 Å². The molecule has 0 aliphatic heterocycles. The van der Waals surface area contributed by atoms with Crippen molar-refractivity contribution in [3.63, 3.8) is 0 Å². The molecule has 0 atom stereocenters. The largest absolute Gasteiger partial charge is 0.497 e. The van der Waals surface area contributed by atoms with Gasteiger partial charge in [0.15, 0.2) is 5.82 Å². The number of ether oxygens (including phenoxy) is 2. The molecule has 142 valence electrons. The van der Waals surface area contributed by atoms with Gasteiger partial charge in [0, 0.05) is 48.2 Å². The summed E-state index contributed by atoms with van der Waals surface area (Å²) in [5.74, 6) is 1.14. The first-order valence-corrected chi connectivity index (χ1v) is 8.77. The van der Waals surface area contributed by atoms with Crippen molar-refractivity contribution in [2.24, 2.45) is 0 Å². The van der Waals surface area contributed by atoms with Gasteiger partial charge in [-0.1, -0.05) is 17.7 Å². The van der Waals surface area contributed by atoms with Crippen molar-refractivity contribution in [2.45, 2.75) is 13.1 Å². The van der Waals surface area contributed by atoms with Crippen LogP contribution in [0.3, 0.4) is 0 Å². The lowest BCUT2D eigenvalue weighted by Crippen LogP contribution is -2.18. The SMILES string of the molecule is COc1ccc(CN(C)Cc2c[nH]c(-c3cccnc3Cl)c2F)c(OC)c1. The molecule has 27 heavy (non-hydrogen) atoms. The third kappa shape index (κ3) is 4.23. The van der Waals surface area contributed by atoms with E-state index in [1.54, 1.807) is 38.7 Å². The number of H-pyrrole nitrogens is 1. The van der Waals surface area contributed by atoms with Crippen molar-refractivity contribution in [3.05, 3.63) is 64.8 Å². The Hall–Kier alpha value is -2.57. The van der Waals surface area contributed by atoms with Crippen LogP contribution >= 0.6 is 11.6 Å². The summed E-state index contributed by atoms with van der Waals surface area (Å²) in [6.45, 7) is 1.02. The third-order valence-corrected chi connectivity index (χ3v) is 4.60. The van der Waals surface area contributed by atoms with Crippen molar-refractivity contribution in [1.82, 2.24) is 14.9 Å². The lowest BCUT2D eigenvalue weighted by atomic mass is 10.1. The summed E-state index contributed by atoms with van der Waals surface area (Å²) in [7, 11) is 5.15. The van der Waals surface area contributed by atoms with Crippen LogP contribution in [0.2, 0.25) is 5.15 Å². The van der Waals surface area contributed by atoms with Gasteiger partial charge in [-0.2, -0.15) is 0 Å². The molecule has 2 aromatic heterocycles. The summed E-state index contributed by atoms with van der Waals surface area (Å²) in [5.41, 5.74) is 2.44. The van der Waals surface area contributed by atoms with Crippen molar-refractivity contribution >= 4 is 11.6 Å². The Morgan fingerprint density at radius 3 is 2.63 bits per heavy atom. The number of benzene rings is 1. The molecule has 1 aromatic carbocycles. The van der Waals surface area contributed by atoms with E-state index < -0.39 is 0 Å². The highest BCUT2D eigenvalue weighted by Crippen LogP contribution is 2.30. The highest BCUT2D eigenvalue weighted by molar-refractivity contribution is 6.32. The van der Waals surface area contributed by atoms with Gasteiger partial charge in [0.25, 0.3) is 0 Å². The van der Waals surface area contributed by atoms with Gasteiger partial charge < -0.3 is 14.5 Å². The Bertz CT molecular complexity index is 929. The van der Waals surface area contributed by atoms with Crippen LogP contribution < -0.4 is 9.47 Å². The monoisotopic (exact) mass is 389 g/mol. The van der Waals surface area contributed by atoms with Gasteiger partial charge in [-0.15, -0.1) is 0 Å². The highest BCUT2D eigenvalue weighted by atomic mass is 35.5. The van der Waals surface area contributed by atoms with E-state index in [9.17, 15) is 4.39 Å². The second-order valence-electron chi connectivity index (χ2n) is 6.19. The van der Waals surface area contributed by atoms with E-state index in [1.165, 1.54) is 0 Å². The van der Waals surface area contributed by atoms with Gasteiger partial charge >= 0.3 is 0 Å². The molecular weight excluding hydrogens is 369 g/mol. The van der Waals surface area contributed by atoms with Gasteiger partial charge in [0.1, 0.15) is 16.7 Å². The lowest BCUT2D eigenvalue weighted by Gasteiger charge is -2.18. The first kappa shape index (κ1) is 19.2. The quantitative estimate of drug-likeness (QED) is 0.604. The van der Waals surface area contributed by atoms with Crippen LogP contribution in [0.5, 0.6) is 11.5 Å². The summed E-state index contributed by atoms with van der Waals surface area (Å²) in [6.07, 6.45) is 3.24. The fourth-order valence-electron chi connectivity index (χ4n) is 2.95. The van der Waals surface area contributed by atoms with Gasteiger partial charge in [0.05, 0.1) is 19.9 Å². The number of hydrogen-bond acceptors (Lipinski definition) is 4. The molecule has 0 unspecified atom stereocenters. The molecule has 0 bridgehead atoms. The fourth-order valence-corrected chi connectivity index (χ4v) is 3.16. The van der Waals surface area contributed by atoms with Crippen LogP contribution in [0.15, 0.2) is 42.7 Å². The molecule has 3 rings (SSSR count). The van der Waals surface area contributed by atoms with Crippen LogP contribution in [0.25, 0.3) is 11.3 Å². The van der Waals surface area contributed by atoms with E-state index in [1.807, 2.05) is 30.1 Å². The van der Waals surface area contributed by atoms with Crippen LogP contribution in [-0.2, 0) is 13.1 Å². The summed E-state index contributed by atoms with van der Waals surface area (Å²) in [4.78, 5) is 8.98. The van der Waals surface area contributed by atoms with Crippen LogP contribution in [0.1, 0.15) is 11.1 Å². The molecule has 0 amide bonds. The van der Waals surface area contributed by atoms with Gasteiger partial charge in [-0.3, -0.25) is 4.90 Å². The Balaban J connectivity index is 1.76. The zero-order valence-corrected chi connectivity index (χ0v) is 16.2. The number of halogens is 2. The van der Waals surface area contributed by atoms with Gasteiger partial charge in [-0.25, -0.2) is 9.37 Å². The number of methoxy groups -OCH3 is 2. The minimum absolute atomic E-state index is 0.265. The molecule has 3 aromatic rings. The maximum atomic E-state index is 14.9. The first-order valence-electron chi connectivity index (χ1n) is 8.39. The van der Waals surface area contributed by atoms with Crippen molar-refractivity contribution in [2.75, 3.05) is 21.3 Å². The Kier molecular flexibility index (Phi) is 5.98. The minimum atomic E-state index is -0.321. The second-order valence-corrected chi connectivity index (χ2v) is 6.55. The molecule has 0 saturated carbocycles. The average molecular weight is 390 g/mol. The van der Waals surface area contributed by atoms with E-state index in [-0.39, 0.29) is 11.0 Å². The number of aromatic amines is 1. The predicted molar refractivity (Wildman–Crippen MR) is 104 cm³/mol. The minimum Gasteiger partial charge on any atom is -0.497 e. The van der Waals surface area contributed by atoms with Gasteiger partial charge in [0.2, 0.25) is 0 Å². The molecule has 0 aliphatic rings. The van der Waals surface area contributed by atoms with Crippen molar-refractivity contribution in [1.29, 1.82) is 0 Å². The van der Waals surface area contributed by atoms with Crippen molar-refractivity contribution in [3.8, 4) is 22.8 Å². The standard InChI is InChI=1S/C20H21ClFN3O2/c1-25(11-13-6-7-15(26-2)9-17(13)27-3)12-14-10-24-19(18(14)22)16-5-4-8-23-20(16)21/h4-10,24H,11-12H2,1-3H3. The molecule has 7 heteroatoms. The maximum absolute atomic E-state index is 14.9. The predicted octanol–water partition coefficient (Wildman–Crippen LogP) is 4.52. The average Bonchev–Trinajstić information content (AvgIpc) is 3.02. The number of nitrogens with zero attached hydrogens (tertiary/aromatic N) is 2. The highest BCUT2D eigenvalue weighted by Gasteiger charge is 2.17. The van der Waals surface area contributed by atoms with E-state index >= 15 is 0 Å². The number of pyridine rings is 1. The molecule has 1 N–H and O–H groups in total. The maximum Gasteiger partial charge on any atom is 0.153 e. The Labute approximate surface area is 162 Å². The van der Waals surface area contributed by atoms with E-state index in [0.29, 0.717) is 29.9 Å². The number of rotatable bonds is 7. The normalized spacial score (nSPS) is 11.0. The molecule has 2 heterocycles. The second kappa shape index (κ2) is 8.41. The zero-order chi connectivity index (χ0) is 19.4. The summed E-state index contributed by atoms with van der Waals surface area (Å²) in [6, 6.07) is 9.12. The number of hydrogen-bond donors (Lipinski definition) is 1. The molecule has 0 fully saturated rings. The van der Waals surface area contributed by atoms with Gasteiger partial charge in [-0.05, 0) is 25.2 Å². The van der Waals surface area contributed by atoms with Crippen LogP contribution in [0, 0.1) is 5.82 Å². The third-order valence-electron chi connectivity index (χ3n) is 4.30. The summed E-state index contributed by atoms with van der Waals surface area (Å²) in [5, 5.41) is 0.265. The van der Waals surface area contributed by atoms with E-state index in [4.69, 9.17) is 21.1 Å². The summed E-state index contributed by atoms with van der Waals surface area (Å²) >= 11 is 6.08. The lowest BCUT2D eigenvalue weighted by molar-refractivity contribution is 0.305. The number of nitrogens with one attached hydrogen (secondary N) is 1. The fraction of sp³-hybridized carbons (Fsp3) is 0.250. The smallest absolute Gasteiger partial charge is 0.153 e. The van der Waals surface area contributed by atoms with E-state index in [0.717, 1.165) is 17.1 Å². The topological polar surface area (TPSA) is 50.4 Å². The van der Waals surface area contributed by atoms with Crippen LogP contribution in [0.4, 0.5) is 4.39 Å². The molecular formula is C20H21ClFN3O2. The molecule has 0 saturated heterocycles. The zero-order valence-electron chi connectivity index (χ0n) is 15.4. The molecule has 0 spiro atoms. The van der Waals surface area contributed by atoms with Crippen LogP contribution in [-0.4, -0.2) is 36.1 Å².